The molecule has 0 amide bonds. The van der Waals surface area contributed by atoms with Gasteiger partial charge in [-0.2, -0.15) is 5.43 Å². The van der Waals surface area contributed by atoms with Crippen LogP contribution in [0.2, 0.25) is 15.1 Å². The molecule has 0 radical (unpaired) electrons. The topological polar surface area (TPSA) is 62.4 Å². The van der Waals surface area contributed by atoms with E-state index < -0.39 is 5.79 Å². The van der Waals surface area contributed by atoms with Crippen LogP contribution in [0.25, 0.3) is 11.1 Å². The molecule has 2 aromatic rings. The summed E-state index contributed by atoms with van der Waals surface area (Å²) in [6.07, 6.45) is 1.48. The summed E-state index contributed by atoms with van der Waals surface area (Å²) in [6, 6.07) is 10.8. The Morgan fingerprint density at radius 1 is 1.00 bits per heavy atom. The lowest BCUT2D eigenvalue weighted by molar-refractivity contribution is 0.375. The number of hydrogen-bond acceptors (Lipinski definition) is 4. The lowest BCUT2D eigenvalue weighted by atomic mass is 10.0. The van der Waals surface area contributed by atoms with Crippen molar-refractivity contribution >= 4 is 41.1 Å². The van der Waals surface area contributed by atoms with E-state index in [4.69, 9.17) is 40.5 Å². The van der Waals surface area contributed by atoms with Gasteiger partial charge in [0.05, 0.1) is 10.0 Å². The zero-order valence-electron chi connectivity index (χ0n) is 10.7. The highest BCUT2D eigenvalue weighted by Gasteiger charge is 2.30. The maximum Gasteiger partial charge on any atom is 0.206 e. The van der Waals surface area contributed by atoms with Gasteiger partial charge in [0.15, 0.2) is 0 Å². The van der Waals surface area contributed by atoms with E-state index >= 15 is 0 Å². The molecule has 1 unspecified atom stereocenters. The highest BCUT2D eigenvalue weighted by Crippen LogP contribution is 2.38. The van der Waals surface area contributed by atoms with Gasteiger partial charge in [0.1, 0.15) is 6.34 Å². The van der Waals surface area contributed by atoms with Gasteiger partial charge < -0.3 is 5.43 Å². The van der Waals surface area contributed by atoms with E-state index in [-0.39, 0.29) is 0 Å². The quantitative estimate of drug-likeness (QED) is 0.783. The second-order valence-electron chi connectivity index (χ2n) is 4.62. The summed E-state index contributed by atoms with van der Waals surface area (Å²) in [5, 5.41) is 1.64. The van der Waals surface area contributed by atoms with Crippen molar-refractivity contribution in [1.29, 1.82) is 0 Å². The summed E-state index contributed by atoms with van der Waals surface area (Å²) in [4.78, 5) is 4.13. The summed E-state index contributed by atoms with van der Waals surface area (Å²) < 4.78 is 0. The molecule has 0 spiro atoms. The molecule has 4 N–H and O–H groups in total. The minimum Gasteiger partial charge on any atom is -0.309 e. The predicted molar refractivity (Wildman–Crippen MR) is 87.5 cm³/mol. The zero-order valence-corrected chi connectivity index (χ0v) is 13.0. The van der Waals surface area contributed by atoms with Crippen molar-refractivity contribution in [2.45, 2.75) is 5.79 Å². The van der Waals surface area contributed by atoms with Gasteiger partial charge in [0.2, 0.25) is 5.79 Å². The monoisotopic (exact) mass is 340 g/mol. The number of nitrogens with one attached hydrogen (secondary N) is 2. The molecular formula is C14H11Cl3N4. The van der Waals surface area contributed by atoms with Gasteiger partial charge in [-0.25, -0.2) is 4.99 Å². The van der Waals surface area contributed by atoms with Crippen molar-refractivity contribution in [3.8, 4) is 11.1 Å². The van der Waals surface area contributed by atoms with E-state index in [0.29, 0.717) is 20.6 Å². The molecule has 0 saturated carbocycles. The minimum atomic E-state index is -1.08. The van der Waals surface area contributed by atoms with Gasteiger partial charge in [0.25, 0.3) is 0 Å². The Bertz CT molecular complexity index is 692. The van der Waals surface area contributed by atoms with Crippen molar-refractivity contribution in [3.63, 3.8) is 0 Å². The first-order chi connectivity index (χ1) is 9.99. The second-order valence-corrected chi connectivity index (χ2v) is 5.87. The fourth-order valence-corrected chi connectivity index (χ4v) is 2.97. The molecule has 0 saturated heterocycles. The van der Waals surface area contributed by atoms with Gasteiger partial charge in [-0.3, -0.25) is 5.73 Å². The molecule has 21 heavy (non-hydrogen) atoms. The SMILES string of the molecule is NC1(c2cc(Cl)c(-c3ccc(Cl)cc3)c(Cl)c2)N=CNN1. The Morgan fingerprint density at radius 2 is 1.62 bits per heavy atom. The lowest BCUT2D eigenvalue weighted by Crippen LogP contribution is -2.49. The van der Waals surface area contributed by atoms with Gasteiger partial charge >= 0.3 is 0 Å². The molecule has 1 aliphatic rings. The van der Waals surface area contributed by atoms with Gasteiger partial charge in [0, 0.05) is 16.1 Å². The van der Waals surface area contributed by atoms with Crippen LogP contribution in [-0.2, 0) is 5.79 Å². The Hall–Kier alpha value is -1.30. The summed E-state index contributed by atoms with van der Waals surface area (Å²) >= 11 is 18.6. The van der Waals surface area contributed by atoms with Crippen LogP contribution in [0.5, 0.6) is 0 Å². The molecular weight excluding hydrogens is 331 g/mol. The fraction of sp³-hybridized carbons (Fsp3) is 0.0714. The molecule has 0 aliphatic carbocycles. The Balaban J connectivity index is 2.08. The van der Waals surface area contributed by atoms with E-state index in [9.17, 15) is 0 Å². The Labute approximate surface area is 136 Å². The van der Waals surface area contributed by atoms with E-state index in [1.165, 1.54) is 6.34 Å². The molecule has 0 aromatic heterocycles. The molecule has 7 heteroatoms. The Morgan fingerprint density at radius 3 is 2.14 bits per heavy atom. The van der Waals surface area contributed by atoms with Crippen LogP contribution < -0.4 is 16.6 Å². The van der Waals surface area contributed by atoms with Crippen molar-refractivity contribution < 1.29 is 0 Å². The molecule has 1 heterocycles. The summed E-state index contributed by atoms with van der Waals surface area (Å²) in [7, 11) is 0. The predicted octanol–water partition coefficient (Wildman–Crippen LogP) is 3.52. The first-order valence-corrected chi connectivity index (χ1v) is 7.24. The van der Waals surface area contributed by atoms with Crippen LogP contribution in [0.4, 0.5) is 0 Å². The van der Waals surface area contributed by atoms with Gasteiger partial charge in [-0.05, 0) is 29.8 Å². The number of hydrazine groups is 1. The van der Waals surface area contributed by atoms with Crippen molar-refractivity contribution in [2.24, 2.45) is 10.7 Å². The number of halogens is 3. The maximum atomic E-state index is 6.38. The number of aliphatic imine (C=N–C) groups is 1. The van der Waals surface area contributed by atoms with Crippen molar-refractivity contribution in [1.82, 2.24) is 10.9 Å². The molecule has 1 aliphatic heterocycles. The van der Waals surface area contributed by atoms with Crippen LogP contribution in [-0.4, -0.2) is 6.34 Å². The molecule has 3 rings (SSSR count). The van der Waals surface area contributed by atoms with Gasteiger partial charge in [-0.15, -0.1) is 0 Å². The molecule has 1 atom stereocenters. The second kappa shape index (κ2) is 5.48. The molecule has 4 nitrogen and oxygen atoms in total. The summed E-state index contributed by atoms with van der Waals surface area (Å²) in [6.45, 7) is 0. The zero-order chi connectivity index (χ0) is 15.0. The standard InChI is InChI=1S/C14H11Cl3N4/c15-10-3-1-8(2-4-10)13-11(16)5-9(6-12(13)17)14(18)19-7-20-21-14/h1-7,21H,18H2,(H,19,20). The largest absolute Gasteiger partial charge is 0.309 e. The molecule has 2 aromatic carbocycles. The van der Waals surface area contributed by atoms with E-state index in [2.05, 4.69) is 15.8 Å². The normalized spacial score (nSPS) is 20.6. The van der Waals surface area contributed by atoms with Crippen molar-refractivity contribution in [2.75, 3.05) is 0 Å². The molecule has 108 valence electrons. The van der Waals surface area contributed by atoms with Crippen LogP contribution >= 0.6 is 34.8 Å². The summed E-state index contributed by atoms with van der Waals surface area (Å²) in [5.41, 5.74) is 14.0. The van der Waals surface area contributed by atoms with E-state index in [1.807, 2.05) is 12.1 Å². The number of benzene rings is 2. The number of nitrogens with zero attached hydrogens (tertiary/aromatic N) is 1. The molecule has 0 fully saturated rings. The first kappa shape index (κ1) is 14.6. The van der Waals surface area contributed by atoms with Crippen LogP contribution in [0, 0.1) is 0 Å². The maximum absolute atomic E-state index is 6.38. The molecule has 0 bridgehead atoms. The number of rotatable bonds is 2. The number of nitrogens with two attached hydrogens (primary N) is 1. The van der Waals surface area contributed by atoms with Gasteiger partial charge in [-0.1, -0.05) is 46.9 Å². The van der Waals surface area contributed by atoms with E-state index in [1.54, 1.807) is 24.3 Å². The van der Waals surface area contributed by atoms with Crippen LogP contribution in [0.15, 0.2) is 41.4 Å². The average Bonchev–Trinajstić information content (AvgIpc) is 2.88. The minimum absolute atomic E-state index is 0.494. The Kier molecular flexibility index (Phi) is 3.82. The third-order valence-electron chi connectivity index (χ3n) is 3.21. The smallest absolute Gasteiger partial charge is 0.206 e. The third-order valence-corrected chi connectivity index (χ3v) is 4.06. The lowest BCUT2D eigenvalue weighted by Gasteiger charge is -2.22. The number of hydrogen-bond donors (Lipinski definition) is 3. The van der Waals surface area contributed by atoms with Crippen molar-refractivity contribution in [3.05, 3.63) is 57.0 Å². The average molecular weight is 342 g/mol. The highest BCUT2D eigenvalue weighted by atomic mass is 35.5. The summed E-state index contributed by atoms with van der Waals surface area (Å²) in [5.74, 6) is -1.08. The van der Waals surface area contributed by atoms with Crippen LogP contribution in [0.3, 0.4) is 0 Å². The van der Waals surface area contributed by atoms with E-state index in [0.717, 1.165) is 11.1 Å². The van der Waals surface area contributed by atoms with Crippen LogP contribution in [0.1, 0.15) is 5.56 Å². The highest BCUT2D eigenvalue weighted by molar-refractivity contribution is 6.39. The first-order valence-electron chi connectivity index (χ1n) is 6.10. The fourth-order valence-electron chi connectivity index (χ4n) is 2.14. The third kappa shape index (κ3) is 2.73.